The molecule has 1 fully saturated rings. The number of aromatic amines is 1. The van der Waals surface area contributed by atoms with E-state index in [4.69, 9.17) is 0 Å². The fraction of sp³-hybridized carbons (Fsp3) is 0.500. The third kappa shape index (κ3) is 2.68. The van der Waals surface area contributed by atoms with Crippen LogP contribution in [0, 0.1) is 6.92 Å². The van der Waals surface area contributed by atoms with Crippen LogP contribution in [0.5, 0.6) is 0 Å². The molecule has 10 heteroatoms. The first-order chi connectivity index (χ1) is 10.3. The first kappa shape index (κ1) is 14.5. The smallest absolute Gasteiger partial charge is 0.336 e. The lowest BCUT2D eigenvalue weighted by atomic mass is 10.1. The molecular weight excluding hydrogens is 303 g/mol. The molecule has 1 saturated heterocycles. The quantitative estimate of drug-likeness (QED) is 0.912. The van der Waals surface area contributed by atoms with Gasteiger partial charge >= 0.3 is 12.1 Å². The minimum Gasteiger partial charge on any atom is -0.336 e. The zero-order valence-electron chi connectivity index (χ0n) is 11.5. The Morgan fingerprint density at radius 3 is 2.86 bits per heavy atom. The van der Waals surface area contributed by atoms with Gasteiger partial charge in [-0.15, -0.1) is 0 Å². The molecule has 2 aromatic heterocycles. The molecule has 2 aromatic rings. The van der Waals surface area contributed by atoms with Gasteiger partial charge < -0.3 is 9.42 Å². The van der Waals surface area contributed by atoms with Crippen molar-refractivity contribution in [1.29, 1.82) is 0 Å². The lowest BCUT2D eigenvalue weighted by Gasteiger charge is -2.13. The van der Waals surface area contributed by atoms with Crippen molar-refractivity contribution in [2.24, 2.45) is 0 Å². The van der Waals surface area contributed by atoms with E-state index in [1.807, 2.05) is 0 Å². The van der Waals surface area contributed by atoms with Crippen LogP contribution >= 0.6 is 0 Å². The van der Waals surface area contributed by atoms with Crippen molar-refractivity contribution in [3.8, 4) is 0 Å². The normalized spacial score (nSPS) is 18.9. The second-order valence-electron chi connectivity index (χ2n) is 5.13. The highest BCUT2D eigenvalue weighted by atomic mass is 19.4. The Hall–Kier alpha value is -2.39. The summed E-state index contributed by atoms with van der Waals surface area (Å²) in [5.74, 6) is -2.04. The van der Waals surface area contributed by atoms with Crippen LogP contribution in [0.1, 0.15) is 40.2 Å². The van der Waals surface area contributed by atoms with Crippen LogP contribution in [-0.2, 0) is 6.18 Å². The average Bonchev–Trinajstić information content (AvgIpc) is 3.16. The van der Waals surface area contributed by atoms with E-state index in [9.17, 15) is 18.0 Å². The van der Waals surface area contributed by atoms with Crippen LogP contribution in [0.25, 0.3) is 0 Å². The molecule has 3 rings (SSSR count). The maximum absolute atomic E-state index is 12.4. The van der Waals surface area contributed by atoms with Gasteiger partial charge in [0.2, 0.25) is 0 Å². The molecule has 0 aromatic carbocycles. The van der Waals surface area contributed by atoms with Crippen molar-refractivity contribution in [2.45, 2.75) is 25.4 Å². The minimum absolute atomic E-state index is 0.0270. The van der Waals surface area contributed by atoms with E-state index < -0.39 is 12.1 Å². The molecular formula is C12H12F3N5O2. The number of aryl methyl sites for hydroxylation is 1. The number of nitrogens with zero attached hydrogens (tertiary/aromatic N) is 4. The summed E-state index contributed by atoms with van der Waals surface area (Å²) in [7, 11) is 0. The molecule has 0 spiro atoms. The second kappa shape index (κ2) is 5.11. The summed E-state index contributed by atoms with van der Waals surface area (Å²) in [4.78, 5) is 17.1. The summed E-state index contributed by atoms with van der Waals surface area (Å²) in [6, 6.07) is 1.62. The largest absolute Gasteiger partial charge is 0.471 e. The van der Waals surface area contributed by atoms with Crippen molar-refractivity contribution in [3.63, 3.8) is 0 Å². The number of hydrogen-bond donors (Lipinski definition) is 1. The third-order valence-electron chi connectivity index (χ3n) is 3.45. The van der Waals surface area contributed by atoms with Gasteiger partial charge in [0.15, 0.2) is 5.82 Å². The first-order valence-electron chi connectivity index (χ1n) is 6.56. The number of alkyl halides is 3. The Labute approximate surface area is 122 Å². The first-order valence-corrected chi connectivity index (χ1v) is 6.56. The maximum Gasteiger partial charge on any atom is 0.471 e. The Morgan fingerprint density at radius 1 is 1.50 bits per heavy atom. The van der Waals surface area contributed by atoms with Gasteiger partial charge in [-0.25, -0.2) is 0 Å². The van der Waals surface area contributed by atoms with Gasteiger partial charge in [-0.05, 0) is 19.4 Å². The van der Waals surface area contributed by atoms with Gasteiger partial charge in [-0.3, -0.25) is 9.89 Å². The Balaban J connectivity index is 1.70. The van der Waals surface area contributed by atoms with E-state index in [1.165, 1.54) is 4.90 Å². The number of amides is 1. The van der Waals surface area contributed by atoms with Crippen molar-refractivity contribution < 1.29 is 22.5 Å². The average molecular weight is 315 g/mol. The lowest BCUT2D eigenvalue weighted by molar-refractivity contribution is -0.159. The van der Waals surface area contributed by atoms with E-state index in [1.54, 1.807) is 13.0 Å². The van der Waals surface area contributed by atoms with Crippen LogP contribution in [0.3, 0.4) is 0 Å². The topological polar surface area (TPSA) is 87.9 Å². The zero-order chi connectivity index (χ0) is 15.9. The number of aromatic nitrogens is 4. The molecule has 1 amide bonds. The molecule has 1 atom stereocenters. The standard InChI is InChI=1S/C12H12F3N5O2/c1-6-4-8(18-17-6)10(21)20-3-2-7(5-20)9-16-11(22-19-9)12(13,14)15/h4,7H,2-3,5H2,1H3,(H,17,18)/t7-/m1/s1. The molecule has 1 aliphatic rings. The number of H-pyrrole nitrogens is 1. The molecule has 3 heterocycles. The van der Waals surface area contributed by atoms with E-state index in [0.29, 0.717) is 13.0 Å². The molecule has 0 bridgehead atoms. The number of carbonyl (C=O) groups excluding carboxylic acids is 1. The van der Waals surface area contributed by atoms with Crippen molar-refractivity contribution in [3.05, 3.63) is 29.2 Å². The van der Waals surface area contributed by atoms with E-state index >= 15 is 0 Å². The monoisotopic (exact) mass is 315 g/mol. The van der Waals surface area contributed by atoms with Crippen molar-refractivity contribution in [2.75, 3.05) is 13.1 Å². The molecule has 0 unspecified atom stereocenters. The number of hydrogen-bond acceptors (Lipinski definition) is 5. The van der Waals surface area contributed by atoms with Crippen molar-refractivity contribution in [1.82, 2.24) is 25.2 Å². The second-order valence-corrected chi connectivity index (χ2v) is 5.13. The van der Waals surface area contributed by atoms with Crippen LogP contribution in [0.4, 0.5) is 13.2 Å². The van der Waals surface area contributed by atoms with E-state index in [-0.39, 0.29) is 29.9 Å². The molecule has 0 radical (unpaired) electrons. The molecule has 0 saturated carbocycles. The molecule has 7 nitrogen and oxygen atoms in total. The number of likely N-dealkylation sites (tertiary alicyclic amines) is 1. The molecule has 22 heavy (non-hydrogen) atoms. The summed E-state index contributed by atoms with van der Waals surface area (Å²) in [6.07, 6.45) is -4.18. The maximum atomic E-state index is 12.4. The number of rotatable bonds is 2. The fourth-order valence-corrected chi connectivity index (χ4v) is 2.36. The summed E-state index contributed by atoms with van der Waals surface area (Å²) in [5.41, 5.74) is 1.04. The third-order valence-corrected chi connectivity index (χ3v) is 3.45. The molecule has 118 valence electrons. The molecule has 0 aliphatic carbocycles. The van der Waals surface area contributed by atoms with Gasteiger partial charge in [0, 0.05) is 24.7 Å². The highest BCUT2D eigenvalue weighted by Gasteiger charge is 2.40. The predicted octanol–water partition coefficient (Wildman–Crippen LogP) is 1.75. The summed E-state index contributed by atoms with van der Waals surface area (Å²) < 4.78 is 41.6. The minimum atomic E-state index is -4.66. The number of halogens is 3. The van der Waals surface area contributed by atoms with Gasteiger partial charge in [-0.2, -0.15) is 23.3 Å². The number of nitrogens with one attached hydrogen (secondary N) is 1. The summed E-state index contributed by atoms with van der Waals surface area (Å²) >= 11 is 0. The SMILES string of the molecule is Cc1cc(C(=O)N2CC[C@@H](c3noc(C(F)(F)F)n3)C2)n[nH]1. The summed E-state index contributed by atoms with van der Waals surface area (Å²) in [6.45, 7) is 2.42. The molecule has 1 N–H and O–H groups in total. The highest BCUT2D eigenvalue weighted by Crippen LogP contribution is 2.31. The van der Waals surface area contributed by atoms with Crippen LogP contribution < -0.4 is 0 Å². The van der Waals surface area contributed by atoms with Crippen LogP contribution in [0.2, 0.25) is 0 Å². The summed E-state index contributed by atoms with van der Waals surface area (Å²) in [5, 5.41) is 9.92. The highest BCUT2D eigenvalue weighted by molar-refractivity contribution is 5.92. The van der Waals surface area contributed by atoms with Crippen LogP contribution in [-0.4, -0.2) is 44.2 Å². The van der Waals surface area contributed by atoms with Gasteiger partial charge in [-0.1, -0.05) is 5.16 Å². The van der Waals surface area contributed by atoms with Gasteiger partial charge in [0.1, 0.15) is 5.69 Å². The van der Waals surface area contributed by atoms with Gasteiger partial charge in [0.05, 0.1) is 0 Å². The van der Waals surface area contributed by atoms with Crippen molar-refractivity contribution >= 4 is 5.91 Å². The Morgan fingerprint density at radius 2 is 2.27 bits per heavy atom. The van der Waals surface area contributed by atoms with E-state index in [0.717, 1.165) is 5.69 Å². The molecule has 1 aliphatic heterocycles. The lowest BCUT2D eigenvalue weighted by Crippen LogP contribution is -2.28. The Bertz CT molecular complexity index is 693. The fourth-order valence-electron chi connectivity index (χ4n) is 2.36. The zero-order valence-corrected chi connectivity index (χ0v) is 11.5. The van der Waals surface area contributed by atoms with Crippen LogP contribution in [0.15, 0.2) is 10.6 Å². The number of carbonyl (C=O) groups is 1. The Kier molecular flexibility index (Phi) is 3.38. The van der Waals surface area contributed by atoms with E-state index in [2.05, 4.69) is 24.9 Å². The van der Waals surface area contributed by atoms with Gasteiger partial charge in [0.25, 0.3) is 5.91 Å². The predicted molar refractivity (Wildman–Crippen MR) is 65.9 cm³/mol.